The molecule has 1 aromatic heterocycles. The molecule has 0 saturated heterocycles. The maximum atomic E-state index is 5.32. The van der Waals surface area contributed by atoms with Crippen LogP contribution in [0.1, 0.15) is 34.4 Å². The first kappa shape index (κ1) is 12.2. The summed E-state index contributed by atoms with van der Waals surface area (Å²) < 4.78 is 5.32. The smallest absolute Gasteiger partial charge is 0.121 e. The average molecular weight is 257 g/mol. The van der Waals surface area contributed by atoms with Gasteiger partial charge in [-0.15, -0.1) is 0 Å². The SMILES string of the molecule is COc1ccc(C2NCCc3[nH]c(C)nc32)cc1C. The molecule has 0 amide bonds. The number of nitrogens with zero attached hydrogens (tertiary/aromatic N) is 1. The van der Waals surface area contributed by atoms with Crippen molar-refractivity contribution in [1.29, 1.82) is 0 Å². The van der Waals surface area contributed by atoms with E-state index in [1.165, 1.54) is 11.3 Å². The molecule has 3 rings (SSSR count). The Morgan fingerprint density at radius 2 is 2.16 bits per heavy atom. The summed E-state index contributed by atoms with van der Waals surface area (Å²) in [4.78, 5) is 7.99. The number of hydrogen-bond acceptors (Lipinski definition) is 3. The summed E-state index contributed by atoms with van der Waals surface area (Å²) in [5.74, 6) is 1.92. The van der Waals surface area contributed by atoms with Gasteiger partial charge in [-0.1, -0.05) is 12.1 Å². The van der Waals surface area contributed by atoms with Crippen LogP contribution in [0.15, 0.2) is 18.2 Å². The zero-order valence-electron chi connectivity index (χ0n) is 11.6. The third-order valence-corrected chi connectivity index (χ3v) is 3.68. The van der Waals surface area contributed by atoms with Crippen LogP contribution in [0.25, 0.3) is 0 Å². The number of aryl methyl sites for hydroxylation is 2. The number of methoxy groups -OCH3 is 1. The van der Waals surface area contributed by atoms with Crippen LogP contribution in [0.4, 0.5) is 0 Å². The van der Waals surface area contributed by atoms with Gasteiger partial charge in [0, 0.05) is 18.7 Å². The summed E-state index contributed by atoms with van der Waals surface area (Å²) in [6.45, 7) is 5.06. The number of fused-ring (bicyclic) bond motifs is 1. The molecule has 0 saturated carbocycles. The van der Waals surface area contributed by atoms with E-state index in [-0.39, 0.29) is 6.04 Å². The van der Waals surface area contributed by atoms with Gasteiger partial charge in [-0.25, -0.2) is 4.98 Å². The number of nitrogens with one attached hydrogen (secondary N) is 2. The third-order valence-electron chi connectivity index (χ3n) is 3.68. The fourth-order valence-corrected chi connectivity index (χ4v) is 2.78. The van der Waals surface area contributed by atoms with Crippen molar-refractivity contribution < 1.29 is 4.74 Å². The van der Waals surface area contributed by atoms with E-state index in [1.807, 2.05) is 13.0 Å². The number of ether oxygens (including phenoxy) is 1. The number of imidazole rings is 1. The summed E-state index contributed by atoms with van der Waals surface area (Å²) in [7, 11) is 1.70. The van der Waals surface area contributed by atoms with Crippen LogP contribution in [-0.4, -0.2) is 23.6 Å². The molecule has 1 aromatic carbocycles. The molecule has 4 heteroatoms. The van der Waals surface area contributed by atoms with Crippen molar-refractivity contribution in [3.8, 4) is 5.75 Å². The highest BCUT2D eigenvalue weighted by Crippen LogP contribution is 2.29. The molecular formula is C15H19N3O. The van der Waals surface area contributed by atoms with Crippen molar-refractivity contribution in [3.05, 3.63) is 46.5 Å². The van der Waals surface area contributed by atoms with Gasteiger partial charge < -0.3 is 15.0 Å². The van der Waals surface area contributed by atoms with Gasteiger partial charge in [0.15, 0.2) is 0 Å². The maximum absolute atomic E-state index is 5.32. The lowest BCUT2D eigenvalue weighted by Crippen LogP contribution is -2.30. The quantitative estimate of drug-likeness (QED) is 0.867. The van der Waals surface area contributed by atoms with Crippen LogP contribution in [-0.2, 0) is 6.42 Å². The van der Waals surface area contributed by atoms with E-state index in [2.05, 4.69) is 34.3 Å². The van der Waals surface area contributed by atoms with Crippen LogP contribution in [0.5, 0.6) is 5.75 Å². The third kappa shape index (κ3) is 2.12. The number of aromatic amines is 1. The van der Waals surface area contributed by atoms with Crippen molar-refractivity contribution in [3.63, 3.8) is 0 Å². The minimum atomic E-state index is 0.179. The first-order valence-electron chi connectivity index (χ1n) is 6.62. The monoisotopic (exact) mass is 257 g/mol. The van der Waals surface area contributed by atoms with Crippen LogP contribution in [0, 0.1) is 13.8 Å². The fraction of sp³-hybridized carbons (Fsp3) is 0.400. The van der Waals surface area contributed by atoms with Gasteiger partial charge in [-0.05, 0) is 31.0 Å². The van der Waals surface area contributed by atoms with Crippen molar-refractivity contribution in [2.45, 2.75) is 26.3 Å². The largest absolute Gasteiger partial charge is 0.496 e. The molecule has 0 fully saturated rings. The predicted molar refractivity (Wildman–Crippen MR) is 74.6 cm³/mol. The van der Waals surface area contributed by atoms with Gasteiger partial charge in [0.2, 0.25) is 0 Å². The second-order valence-electron chi connectivity index (χ2n) is 5.05. The molecule has 100 valence electrons. The van der Waals surface area contributed by atoms with Crippen LogP contribution >= 0.6 is 0 Å². The second kappa shape index (κ2) is 4.70. The minimum Gasteiger partial charge on any atom is -0.496 e. The van der Waals surface area contributed by atoms with Gasteiger partial charge in [-0.2, -0.15) is 0 Å². The van der Waals surface area contributed by atoms with E-state index in [1.54, 1.807) is 7.11 Å². The van der Waals surface area contributed by atoms with E-state index in [4.69, 9.17) is 4.74 Å². The molecule has 0 bridgehead atoms. The molecule has 1 atom stereocenters. The lowest BCUT2D eigenvalue weighted by atomic mass is 9.96. The standard InChI is InChI=1S/C15H19N3O/c1-9-8-11(4-5-13(9)19-3)14-15-12(6-7-16-14)17-10(2)18-15/h4-5,8,14,16H,6-7H2,1-3H3,(H,17,18). The number of aromatic nitrogens is 2. The molecule has 1 aliphatic rings. The molecule has 4 nitrogen and oxygen atoms in total. The Labute approximate surface area is 113 Å². The van der Waals surface area contributed by atoms with E-state index < -0.39 is 0 Å². The minimum absolute atomic E-state index is 0.179. The van der Waals surface area contributed by atoms with E-state index in [0.717, 1.165) is 35.8 Å². The Kier molecular flexibility index (Phi) is 3.03. The topological polar surface area (TPSA) is 49.9 Å². The maximum Gasteiger partial charge on any atom is 0.121 e. The molecule has 1 aliphatic heterocycles. The Morgan fingerprint density at radius 3 is 2.89 bits per heavy atom. The number of hydrogen-bond donors (Lipinski definition) is 2. The van der Waals surface area contributed by atoms with Gasteiger partial charge >= 0.3 is 0 Å². The fourth-order valence-electron chi connectivity index (χ4n) is 2.78. The van der Waals surface area contributed by atoms with Crippen molar-refractivity contribution in [1.82, 2.24) is 15.3 Å². The lowest BCUT2D eigenvalue weighted by Gasteiger charge is -2.24. The van der Waals surface area contributed by atoms with Crippen molar-refractivity contribution in [2.75, 3.05) is 13.7 Å². The Morgan fingerprint density at radius 1 is 1.32 bits per heavy atom. The highest BCUT2D eigenvalue weighted by atomic mass is 16.5. The van der Waals surface area contributed by atoms with E-state index in [0.29, 0.717) is 0 Å². The number of H-pyrrole nitrogens is 1. The van der Waals surface area contributed by atoms with Crippen molar-refractivity contribution >= 4 is 0 Å². The van der Waals surface area contributed by atoms with E-state index >= 15 is 0 Å². The summed E-state index contributed by atoms with van der Waals surface area (Å²) in [5.41, 5.74) is 4.79. The normalized spacial score (nSPS) is 18.2. The molecule has 0 radical (unpaired) electrons. The van der Waals surface area contributed by atoms with Crippen LogP contribution in [0.2, 0.25) is 0 Å². The number of rotatable bonds is 2. The molecule has 2 N–H and O–H groups in total. The Hall–Kier alpha value is -1.81. The Bertz CT molecular complexity index is 603. The first-order chi connectivity index (χ1) is 9.19. The zero-order valence-corrected chi connectivity index (χ0v) is 11.6. The molecule has 2 heterocycles. The van der Waals surface area contributed by atoms with Gasteiger partial charge in [0.1, 0.15) is 11.6 Å². The van der Waals surface area contributed by atoms with Gasteiger partial charge in [-0.3, -0.25) is 0 Å². The first-order valence-corrected chi connectivity index (χ1v) is 6.62. The van der Waals surface area contributed by atoms with Crippen LogP contribution in [0.3, 0.4) is 0 Å². The molecule has 2 aromatic rings. The molecule has 0 aliphatic carbocycles. The highest BCUT2D eigenvalue weighted by molar-refractivity contribution is 5.41. The second-order valence-corrected chi connectivity index (χ2v) is 5.05. The summed E-state index contributed by atoms with van der Waals surface area (Å²) >= 11 is 0. The highest BCUT2D eigenvalue weighted by Gasteiger charge is 2.24. The zero-order chi connectivity index (χ0) is 13.4. The Balaban J connectivity index is 2.01. The molecule has 0 spiro atoms. The van der Waals surface area contributed by atoms with E-state index in [9.17, 15) is 0 Å². The molecule has 1 unspecified atom stereocenters. The lowest BCUT2D eigenvalue weighted by molar-refractivity contribution is 0.411. The van der Waals surface area contributed by atoms with Gasteiger partial charge in [0.25, 0.3) is 0 Å². The van der Waals surface area contributed by atoms with Gasteiger partial charge in [0.05, 0.1) is 18.8 Å². The summed E-state index contributed by atoms with van der Waals surface area (Å²) in [5, 5.41) is 3.55. The van der Waals surface area contributed by atoms with Crippen LogP contribution < -0.4 is 10.1 Å². The van der Waals surface area contributed by atoms with Crippen molar-refractivity contribution in [2.24, 2.45) is 0 Å². The summed E-state index contributed by atoms with van der Waals surface area (Å²) in [6, 6.07) is 6.50. The predicted octanol–water partition coefficient (Wildman–Crippen LogP) is 2.27. The summed E-state index contributed by atoms with van der Waals surface area (Å²) in [6.07, 6.45) is 1.02. The average Bonchev–Trinajstić information content (AvgIpc) is 2.78. The molecular weight excluding hydrogens is 238 g/mol. The molecule has 19 heavy (non-hydrogen) atoms. The number of benzene rings is 1.